The summed E-state index contributed by atoms with van der Waals surface area (Å²) < 4.78 is 21.9. The van der Waals surface area contributed by atoms with E-state index in [1.165, 1.54) is 11.8 Å². The number of carbonyl (C=O) groups excluding carboxylic acids is 2. The Morgan fingerprint density at radius 3 is 2.75 bits per heavy atom. The molecule has 1 saturated heterocycles. The van der Waals surface area contributed by atoms with Gasteiger partial charge in [0.2, 0.25) is 5.91 Å². The molecule has 1 fully saturated rings. The van der Waals surface area contributed by atoms with Gasteiger partial charge in [0.1, 0.15) is 0 Å². The van der Waals surface area contributed by atoms with Gasteiger partial charge < -0.3 is 10.2 Å². The lowest BCUT2D eigenvalue weighted by molar-refractivity contribution is -0.131. The van der Waals surface area contributed by atoms with Crippen LogP contribution in [0.15, 0.2) is 29.2 Å². The first-order valence-corrected chi connectivity index (χ1v) is 10.5. The molecule has 0 bridgehead atoms. The highest BCUT2D eigenvalue weighted by atomic mass is 32.2. The summed E-state index contributed by atoms with van der Waals surface area (Å²) in [5, 5.41) is 2.76. The molecule has 0 aliphatic carbocycles. The molecule has 2 aliphatic heterocycles. The summed E-state index contributed by atoms with van der Waals surface area (Å²) in [6.45, 7) is 3.95. The van der Waals surface area contributed by atoms with Gasteiger partial charge in [-0.25, -0.2) is 8.42 Å². The number of fused-ring (bicyclic) bond motifs is 1. The molecule has 24 heavy (non-hydrogen) atoms. The van der Waals surface area contributed by atoms with Crippen molar-refractivity contribution in [2.45, 2.75) is 36.0 Å². The van der Waals surface area contributed by atoms with Crippen LogP contribution in [0.3, 0.4) is 0 Å². The summed E-state index contributed by atoms with van der Waals surface area (Å²) in [6.07, 6.45) is 0.400. The third-order valence-corrected chi connectivity index (χ3v) is 7.54. The number of nitrogens with zero attached hydrogens (tertiary/aromatic N) is 1. The molecule has 1 aromatic carbocycles. The summed E-state index contributed by atoms with van der Waals surface area (Å²) in [5.41, 5.74) is 0.809. The molecule has 2 heterocycles. The van der Waals surface area contributed by atoms with Crippen LogP contribution in [-0.4, -0.2) is 49.1 Å². The van der Waals surface area contributed by atoms with E-state index >= 15 is 0 Å². The highest BCUT2D eigenvalue weighted by molar-refractivity contribution is 8.02. The third-order valence-electron chi connectivity index (χ3n) is 4.44. The molecule has 8 heteroatoms. The second-order valence-electron chi connectivity index (χ2n) is 6.23. The summed E-state index contributed by atoms with van der Waals surface area (Å²) in [7, 11) is -3.09. The zero-order valence-corrected chi connectivity index (χ0v) is 15.2. The fraction of sp³-hybridized carbons (Fsp3) is 0.500. The number of nitrogens with one attached hydrogen (secondary N) is 1. The van der Waals surface area contributed by atoms with Gasteiger partial charge in [-0.2, -0.15) is 0 Å². The molecule has 1 N–H and O–H groups in total. The maximum atomic E-state index is 12.9. The molecule has 6 nitrogen and oxygen atoms in total. The number of rotatable bonds is 3. The van der Waals surface area contributed by atoms with E-state index in [4.69, 9.17) is 0 Å². The molecule has 2 aliphatic rings. The lowest BCUT2D eigenvalue weighted by Crippen LogP contribution is -2.58. The van der Waals surface area contributed by atoms with Crippen molar-refractivity contribution in [3.63, 3.8) is 0 Å². The van der Waals surface area contributed by atoms with Crippen LogP contribution in [0.4, 0.5) is 5.69 Å². The van der Waals surface area contributed by atoms with Gasteiger partial charge in [-0.15, -0.1) is 0 Å². The van der Waals surface area contributed by atoms with Gasteiger partial charge >= 0.3 is 0 Å². The zero-order chi connectivity index (χ0) is 17.5. The molecule has 0 spiro atoms. The van der Waals surface area contributed by atoms with Gasteiger partial charge in [0.15, 0.2) is 14.6 Å². The Kier molecular flexibility index (Phi) is 4.37. The quantitative estimate of drug-likeness (QED) is 0.811. The standard InChI is InChI=1S/C16H20N2O4S2/c1-3-18-12-6-4-5-7-13(12)23-16(2,15(18)20)14(19)17-11-8-9-24(21,22)10-11/h4-7,11H,3,8-10H2,1-2H3,(H,17,19). The Morgan fingerprint density at radius 1 is 1.42 bits per heavy atom. The van der Waals surface area contributed by atoms with Crippen molar-refractivity contribution in [2.75, 3.05) is 23.0 Å². The van der Waals surface area contributed by atoms with Gasteiger partial charge in [-0.05, 0) is 32.4 Å². The van der Waals surface area contributed by atoms with Gasteiger partial charge in [-0.1, -0.05) is 23.9 Å². The predicted molar refractivity (Wildman–Crippen MR) is 93.9 cm³/mol. The number of para-hydroxylation sites is 1. The number of sulfone groups is 1. The van der Waals surface area contributed by atoms with Crippen molar-refractivity contribution in [2.24, 2.45) is 0 Å². The van der Waals surface area contributed by atoms with E-state index in [0.717, 1.165) is 10.6 Å². The van der Waals surface area contributed by atoms with Crippen LogP contribution in [-0.2, 0) is 19.4 Å². The van der Waals surface area contributed by atoms with E-state index in [9.17, 15) is 18.0 Å². The van der Waals surface area contributed by atoms with Crippen LogP contribution in [0.2, 0.25) is 0 Å². The maximum absolute atomic E-state index is 12.9. The molecular formula is C16H20N2O4S2. The molecule has 0 radical (unpaired) electrons. The van der Waals surface area contributed by atoms with Crippen LogP contribution < -0.4 is 10.2 Å². The molecule has 2 amide bonds. The van der Waals surface area contributed by atoms with Gasteiger partial charge in [0.25, 0.3) is 5.91 Å². The Hall–Kier alpha value is -1.54. The van der Waals surface area contributed by atoms with Crippen molar-refractivity contribution >= 4 is 39.1 Å². The Labute approximate surface area is 145 Å². The molecule has 0 saturated carbocycles. The SMILES string of the molecule is CCN1C(=O)C(C)(C(=O)NC2CCS(=O)(=O)C2)Sc2ccccc21. The minimum Gasteiger partial charge on any atom is -0.351 e. The zero-order valence-electron chi connectivity index (χ0n) is 13.6. The van der Waals surface area contributed by atoms with Crippen molar-refractivity contribution in [3.05, 3.63) is 24.3 Å². The average Bonchev–Trinajstić information content (AvgIpc) is 2.87. The van der Waals surface area contributed by atoms with E-state index in [1.54, 1.807) is 11.8 Å². The van der Waals surface area contributed by atoms with Gasteiger partial charge in [0.05, 0.1) is 17.2 Å². The monoisotopic (exact) mass is 368 g/mol. The fourth-order valence-electron chi connectivity index (χ4n) is 3.09. The first-order valence-electron chi connectivity index (χ1n) is 7.88. The van der Waals surface area contributed by atoms with Crippen molar-refractivity contribution in [1.82, 2.24) is 5.32 Å². The van der Waals surface area contributed by atoms with E-state index < -0.39 is 26.5 Å². The summed E-state index contributed by atoms with van der Waals surface area (Å²) >= 11 is 1.23. The second kappa shape index (κ2) is 6.07. The Balaban J connectivity index is 1.86. The lowest BCUT2D eigenvalue weighted by Gasteiger charge is -2.38. The number of benzene rings is 1. The average molecular weight is 368 g/mol. The summed E-state index contributed by atoms with van der Waals surface area (Å²) in [4.78, 5) is 28.2. The second-order valence-corrected chi connectivity index (χ2v) is 9.92. The number of anilines is 1. The van der Waals surface area contributed by atoms with E-state index in [-0.39, 0.29) is 17.4 Å². The number of carbonyl (C=O) groups is 2. The summed E-state index contributed by atoms with van der Waals surface area (Å²) in [6, 6.07) is 7.07. The normalized spacial score (nSPS) is 28.5. The van der Waals surface area contributed by atoms with Crippen LogP contribution in [0.1, 0.15) is 20.3 Å². The van der Waals surface area contributed by atoms with E-state index in [0.29, 0.717) is 13.0 Å². The predicted octanol–water partition coefficient (Wildman–Crippen LogP) is 1.21. The van der Waals surface area contributed by atoms with Crippen LogP contribution in [0.5, 0.6) is 0 Å². The highest BCUT2D eigenvalue weighted by Gasteiger charge is 2.49. The smallest absolute Gasteiger partial charge is 0.252 e. The topological polar surface area (TPSA) is 83.6 Å². The molecule has 2 atom stereocenters. The largest absolute Gasteiger partial charge is 0.351 e. The van der Waals surface area contributed by atoms with Crippen LogP contribution in [0.25, 0.3) is 0 Å². The van der Waals surface area contributed by atoms with Gasteiger partial charge in [-0.3, -0.25) is 9.59 Å². The molecule has 0 aromatic heterocycles. The number of thioether (sulfide) groups is 1. The lowest BCUT2D eigenvalue weighted by atomic mass is 10.1. The number of amides is 2. The minimum atomic E-state index is -3.09. The van der Waals surface area contributed by atoms with Crippen LogP contribution >= 0.6 is 11.8 Å². The van der Waals surface area contributed by atoms with Gasteiger partial charge in [0, 0.05) is 17.5 Å². The minimum absolute atomic E-state index is 0.0538. The van der Waals surface area contributed by atoms with Crippen molar-refractivity contribution in [1.29, 1.82) is 0 Å². The molecule has 3 rings (SSSR count). The fourth-order valence-corrected chi connectivity index (χ4v) is 5.98. The highest BCUT2D eigenvalue weighted by Crippen LogP contribution is 2.45. The molecule has 1 aromatic rings. The number of hydrogen-bond acceptors (Lipinski definition) is 5. The first kappa shape index (κ1) is 17.3. The number of hydrogen-bond donors (Lipinski definition) is 1. The third kappa shape index (κ3) is 2.93. The van der Waals surface area contributed by atoms with E-state index in [2.05, 4.69) is 5.32 Å². The van der Waals surface area contributed by atoms with E-state index in [1.807, 2.05) is 31.2 Å². The molecule has 2 unspecified atom stereocenters. The molecule has 130 valence electrons. The maximum Gasteiger partial charge on any atom is 0.252 e. The van der Waals surface area contributed by atoms with Crippen molar-refractivity contribution in [3.8, 4) is 0 Å². The van der Waals surface area contributed by atoms with Crippen molar-refractivity contribution < 1.29 is 18.0 Å². The summed E-state index contributed by atoms with van der Waals surface area (Å²) in [5.74, 6) is -0.666. The first-order chi connectivity index (χ1) is 11.3. The Morgan fingerprint density at radius 2 is 2.12 bits per heavy atom. The van der Waals surface area contributed by atoms with Crippen LogP contribution in [0, 0.1) is 0 Å². The Bertz CT molecular complexity index is 793. The molecular weight excluding hydrogens is 348 g/mol.